The molecule has 2 fully saturated rings. The average Bonchev–Trinajstić information content (AvgIpc) is 3.45. The van der Waals surface area contributed by atoms with E-state index >= 15 is 0 Å². The fraction of sp³-hybridized carbons (Fsp3) is 0.543. The number of methoxy groups -OCH3 is 4. The highest BCUT2D eigenvalue weighted by Crippen LogP contribution is 2.51. The van der Waals surface area contributed by atoms with E-state index < -0.39 is 24.1 Å². The number of carbonyl (C=O) groups is 2. The Kier molecular flexibility index (Phi) is 9.33. The number of rotatable bonds is 10. The molecule has 3 aromatic rings. The van der Waals surface area contributed by atoms with Crippen molar-refractivity contribution in [2.75, 3.05) is 54.7 Å². The third kappa shape index (κ3) is 5.64. The summed E-state index contributed by atoms with van der Waals surface area (Å²) in [7, 11) is 6.17. The molecule has 0 radical (unpaired) electrons. The molecule has 6 atom stereocenters. The number of aromatic nitrogens is 1. The van der Waals surface area contributed by atoms with Crippen LogP contribution in [0.3, 0.4) is 0 Å². The van der Waals surface area contributed by atoms with Crippen molar-refractivity contribution in [3.8, 4) is 23.0 Å². The van der Waals surface area contributed by atoms with Gasteiger partial charge in [-0.3, -0.25) is 9.69 Å². The molecule has 1 aromatic heterocycles. The van der Waals surface area contributed by atoms with E-state index in [0.717, 1.165) is 37.2 Å². The Labute approximate surface area is 269 Å². The van der Waals surface area contributed by atoms with Crippen LogP contribution in [0.5, 0.6) is 23.0 Å². The number of nitrogens with one attached hydrogen (secondary N) is 1. The van der Waals surface area contributed by atoms with Crippen LogP contribution in [0.25, 0.3) is 10.9 Å². The molecule has 1 saturated carbocycles. The quantitative estimate of drug-likeness (QED) is 0.306. The van der Waals surface area contributed by atoms with Crippen LogP contribution in [0.2, 0.25) is 0 Å². The van der Waals surface area contributed by atoms with Gasteiger partial charge in [0.15, 0.2) is 11.5 Å². The second kappa shape index (κ2) is 13.4. The highest BCUT2D eigenvalue weighted by atomic mass is 16.6. The van der Waals surface area contributed by atoms with E-state index in [4.69, 9.17) is 33.2 Å². The van der Waals surface area contributed by atoms with Gasteiger partial charge in [0.2, 0.25) is 5.75 Å². The van der Waals surface area contributed by atoms with Crippen molar-refractivity contribution in [3.63, 3.8) is 0 Å². The van der Waals surface area contributed by atoms with E-state index in [1.807, 2.05) is 26.0 Å². The summed E-state index contributed by atoms with van der Waals surface area (Å²) in [4.78, 5) is 33.4. The number of nitrogens with zero attached hydrogens (tertiary/aromatic N) is 1. The zero-order valence-corrected chi connectivity index (χ0v) is 27.4. The summed E-state index contributed by atoms with van der Waals surface area (Å²) < 4.78 is 40.0. The van der Waals surface area contributed by atoms with Crippen molar-refractivity contribution in [2.24, 2.45) is 17.8 Å². The molecule has 248 valence electrons. The number of fused-ring (bicyclic) bond motifs is 6. The van der Waals surface area contributed by atoms with Gasteiger partial charge in [0.05, 0.1) is 52.1 Å². The molecular weight excluding hydrogens is 592 g/mol. The lowest BCUT2D eigenvalue weighted by atomic mass is 9.63. The van der Waals surface area contributed by atoms with Crippen LogP contribution in [0, 0.1) is 17.8 Å². The first-order chi connectivity index (χ1) is 22.3. The number of ether oxygens (including phenoxy) is 7. The molecule has 6 rings (SSSR count). The molecule has 2 aromatic carbocycles. The normalized spacial score (nSPS) is 25.5. The third-order valence-electron chi connectivity index (χ3n) is 9.92. The highest BCUT2D eigenvalue weighted by Gasteiger charge is 2.54. The van der Waals surface area contributed by atoms with Crippen LogP contribution >= 0.6 is 0 Å². The molecule has 11 heteroatoms. The van der Waals surface area contributed by atoms with Gasteiger partial charge in [0, 0.05) is 42.9 Å². The SMILES string of the molecule is CCOc1cc(C(=O)O[C@@H]2C[C@@H]3CN4CCc5c([nH]c6cc(OC)ccc56)[C@H]4C[C@@H]3[C@H](C(=O)OC)[C@H]2OC)cc(OCC)c1OC. The second-order valence-electron chi connectivity index (χ2n) is 12.1. The molecule has 1 N–H and O–H groups in total. The largest absolute Gasteiger partial charge is 0.497 e. The summed E-state index contributed by atoms with van der Waals surface area (Å²) in [5, 5.41) is 1.21. The first kappa shape index (κ1) is 32.0. The highest BCUT2D eigenvalue weighted by molar-refractivity contribution is 5.91. The first-order valence-corrected chi connectivity index (χ1v) is 16.1. The number of aromatic amines is 1. The molecule has 11 nitrogen and oxygen atoms in total. The molecule has 3 aliphatic rings. The van der Waals surface area contributed by atoms with Gasteiger partial charge >= 0.3 is 11.9 Å². The van der Waals surface area contributed by atoms with Crippen molar-refractivity contribution in [3.05, 3.63) is 47.2 Å². The number of hydrogen-bond acceptors (Lipinski definition) is 10. The van der Waals surface area contributed by atoms with Crippen LogP contribution < -0.4 is 18.9 Å². The molecule has 2 aliphatic heterocycles. The maximum atomic E-state index is 13.7. The maximum absolute atomic E-state index is 13.7. The van der Waals surface area contributed by atoms with Crippen molar-refractivity contribution in [1.29, 1.82) is 0 Å². The summed E-state index contributed by atoms with van der Waals surface area (Å²) in [5.41, 5.74) is 3.85. The van der Waals surface area contributed by atoms with E-state index in [1.165, 1.54) is 30.9 Å². The lowest BCUT2D eigenvalue weighted by Gasteiger charge is -2.52. The number of carbonyl (C=O) groups excluding carboxylic acids is 2. The number of piperidine rings is 1. The van der Waals surface area contributed by atoms with Crippen LogP contribution in [-0.2, 0) is 25.4 Å². The van der Waals surface area contributed by atoms with E-state index in [1.54, 1.807) is 26.4 Å². The van der Waals surface area contributed by atoms with Crippen LogP contribution in [0.4, 0.5) is 0 Å². The van der Waals surface area contributed by atoms with Gasteiger partial charge in [-0.2, -0.15) is 0 Å². The lowest BCUT2D eigenvalue weighted by Crippen LogP contribution is -2.58. The average molecular weight is 637 g/mol. The fourth-order valence-corrected chi connectivity index (χ4v) is 7.98. The Bertz CT molecular complexity index is 1560. The van der Waals surface area contributed by atoms with E-state index in [2.05, 4.69) is 16.0 Å². The molecule has 0 amide bonds. The van der Waals surface area contributed by atoms with Gasteiger partial charge in [0.25, 0.3) is 0 Å². The molecular formula is C35H44N2O9. The van der Waals surface area contributed by atoms with E-state index in [0.29, 0.717) is 36.9 Å². The minimum atomic E-state index is -0.671. The maximum Gasteiger partial charge on any atom is 0.338 e. The zero-order chi connectivity index (χ0) is 32.5. The Morgan fingerprint density at radius 1 is 0.957 bits per heavy atom. The Morgan fingerprint density at radius 2 is 1.70 bits per heavy atom. The monoisotopic (exact) mass is 636 g/mol. The van der Waals surface area contributed by atoms with Crippen molar-refractivity contribution < 1.29 is 42.7 Å². The Balaban J connectivity index is 1.29. The molecule has 1 saturated heterocycles. The van der Waals surface area contributed by atoms with Gasteiger partial charge in [0.1, 0.15) is 18.0 Å². The fourth-order valence-electron chi connectivity index (χ4n) is 7.98. The van der Waals surface area contributed by atoms with Gasteiger partial charge in [-0.1, -0.05) is 0 Å². The number of H-pyrrole nitrogens is 1. The van der Waals surface area contributed by atoms with Gasteiger partial charge < -0.3 is 38.1 Å². The standard InChI is InChI=1S/C35H44N2O9/c1-7-44-27-13-19(14-28(45-8-2)32(27)41-4)34(38)46-29-15-20-18-37-12-11-23-22-10-9-21(40-3)16-25(22)36-31(23)26(37)17-24(20)30(33(29)42-5)35(39)43-6/h9-10,13-14,16,20,24,26,29-30,33,36H,7-8,11-12,15,17-18H2,1-6H3/t20-,24+,26-,29-,30+,33+/m1/s1. The minimum Gasteiger partial charge on any atom is -0.497 e. The predicted molar refractivity (Wildman–Crippen MR) is 170 cm³/mol. The van der Waals surface area contributed by atoms with E-state index in [9.17, 15) is 9.59 Å². The number of benzene rings is 2. The molecule has 0 bridgehead atoms. The first-order valence-electron chi connectivity index (χ1n) is 16.1. The van der Waals surface area contributed by atoms with Gasteiger partial charge in [-0.25, -0.2) is 4.79 Å². The van der Waals surface area contributed by atoms with Crippen LogP contribution in [0.15, 0.2) is 30.3 Å². The van der Waals surface area contributed by atoms with Crippen LogP contribution in [-0.4, -0.2) is 88.8 Å². The summed E-state index contributed by atoms with van der Waals surface area (Å²) >= 11 is 0. The van der Waals surface area contributed by atoms with Gasteiger partial charge in [-0.05, 0) is 74.8 Å². The predicted octanol–water partition coefficient (Wildman–Crippen LogP) is 4.95. The Morgan fingerprint density at radius 3 is 2.33 bits per heavy atom. The van der Waals surface area contributed by atoms with E-state index in [-0.39, 0.29) is 29.4 Å². The molecule has 0 unspecified atom stereocenters. The summed E-state index contributed by atoms with van der Waals surface area (Å²) in [6.07, 6.45) is 0.922. The van der Waals surface area contributed by atoms with Crippen molar-refractivity contribution in [1.82, 2.24) is 9.88 Å². The topological polar surface area (TPSA) is 118 Å². The van der Waals surface area contributed by atoms with Crippen molar-refractivity contribution in [2.45, 2.75) is 51.4 Å². The molecule has 0 spiro atoms. The number of hydrogen-bond donors (Lipinski definition) is 1. The smallest absolute Gasteiger partial charge is 0.338 e. The zero-order valence-electron chi connectivity index (χ0n) is 27.4. The van der Waals surface area contributed by atoms with Crippen molar-refractivity contribution >= 4 is 22.8 Å². The third-order valence-corrected chi connectivity index (χ3v) is 9.92. The summed E-state index contributed by atoms with van der Waals surface area (Å²) in [6, 6.07) is 9.50. The number of esters is 2. The van der Waals surface area contributed by atoms with Crippen LogP contribution in [0.1, 0.15) is 54.3 Å². The van der Waals surface area contributed by atoms with Gasteiger partial charge in [-0.15, -0.1) is 0 Å². The second-order valence-corrected chi connectivity index (χ2v) is 12.1. The summed E-state index contributed by atoms with van der Waals surface area (Å²) in [5.74, 6) is 0.583. The summed E-state index contributed by atoms with van der Waals surface area (Å²) in [6.45, 7) is 6.15. The minimum absolute atomic E-state index is 0.0180. The lowest BCUT2D eigenvalue weighted by molar-refractivity contribution is -0.176. The molecule has 46 heavy (non-hydrogen) atoms. The Hall–Kier alpha value is -3.96. The molecule has 3 heterocycles. The molecule has 1 aliphatic carbocycles.